The number of hydrogen-bond acceptors (Lipinski definition) is 2. The second kappa shape index (κ2) is 6.27. The van der Waals surface area contributed by atoms with E-state index < -0.39 is 0 Å². The van der Waals surface area contributed by atoms with Crippen molar-refractivity contribution in [3.05, 3.63) is 59.0 Å². The molecule has 0 saturated carbocycles. The van der Waals surface area contributed by atoms with E-state index in [0.29, 0.717) is 5.92 Å². The van der Waals surface area contributed by atoms with E-state index in [4.69, 9.17) is 16.0 Å². The van der Waals surface area contributed by atoms with Crippen LogP contribution in [-0.2, 0) is 0 Å². The Labute approximate surface area is 119 Å². The highest BCUT2D eigenvalue weighted by Crippen LogP contribution is 2.26. The Morgan fingerprint density at radius 3 is 2.26 bits per heavy atom. The van der Waals surface area contributed by atoms with Gasteiger partial charge < -0.3 is 9.73 Å². The van der Waals surface area contributed by atoms with Gasteiger partial charge in [0.1, 0.15) is 5.76 Å². The number of rotatable bonds is 5. The average Bonchev–Trinajstić information content (AvgIpc) is 2.90. The van der Waals surface area contributed by atoms with Crippen LogP contribution >= 0.6 is 11.6 Å². The number of hydrogen-bond donors (Lipinski definition) is 1. The maximum Gasteiger partial charge on any atom is 0.120 e. The first-order chi connectivity index (χ1) is 9.08. The van der Waals surface area contributed by atoms with Crippen molar-refractivity contribution in [1.82, 2.24) is 5.32 Å². The highest BCUT2D eigenvalue weighted by Gasteiger charge is 2.19. The topological polar surface area (TPSA) is 25.2 Å². The van der Waals surface area contributed by atoms with Crippen LogP contribution in [0.3, 0.4) is 0 Å². The monoisotopic (exact) mass is 277 g/mol. The van der Waals surface area contributed by atoms with Crippen LogP contribution in [0.1, 0.15) is 44.2 Å². The number of benzene rings is 1. The molecule has 102 valence electrons. The zero-order valence-electron chi connectivity index (χ0n) is 11.6. The van der Waals surface area contributed by atoms with E-state index in [2.05, 4.69) is 38.2 Å². The van der Waals surface area contributed by atoms with Gasteiger partial charge in [-0.25, -0.2) is 0 Å². The van der Waals surface area contributed by atoms with Gasteiger partial charge >= 0.3 is 0 Å². The molecule has 3 heteroatoms. The highest BCUT2D eigenvalue weighted by molar-refractivity contribution is 6.30. The van der Waals surface area contributed by atoms with Crippen LogP contribution in [0, 0.1) is 5.92 Å². The van der Waals surface area contributed by atoms with Crippen LogP contribution in [0.15, 0.2) is 47.1 Å². The van der Waals surface area contributed by atoms with Gasteiger partial charge in [-0.3, -0.25) is 0 Å². The molecule has 0 aliphatic rings. The second-order valence-electron chi connectivity index (χ2n) is 5.18. The standard InChI is InChI=1S/C16H20ClNO/c1-11(2)16(13-6-8-14(17)9-7-13)18-12(3)15-5-4-10-19-15/h4-12,16,18H,1-3H3. The molecule has 2 nitrogen and oxygen atoms in total. The van der Waals surface area contributed by atoms with Gasteiger partial charge in [-0.1, -0.05) is 37.6 Å². The van der Waals surface area contributed by atoms with Crippen molar-refractivity contribution in [3.63, 3.8) is 0 Å². The average molecular weight is 278 g/mol. The van der Waals surface area contributed by atoms with Gasteiger partial charge in [0.25, 0.3) is 0 Å². The molecule has 0 radical (unpaired) electrons. The minimum Gasteiger partial charge on any atom is -0.468 e. The molecule has 0 fully saturated rings. The quantitative estimate of drug-likeness (QED) is 0.834. The van der Waals surface area contributed by atoms with Gasteiger partial charge in [0.05, 0.1) is 12.3 Å². The van der Waals surface area contributed by atoms with E-state index in [1.807, 2.05) is 24.3 Å². The van der Waals surface area contributed by atoms with Crippen molar-refractivity contribution in [2.24, 2.45) is 5.92 Å². The van der Waals surface area contributed by atoms with Crippen LogP contribution in [0.5, 0.6) is 0 Å². The number of halogens is 1. The summed E-state index contributed by atoms with van der Waals surface area (Å²) in [4.78, 5) is 0. The van der Waals surface area contributed by atoms with Crippen molar-refractivity contribution in [3.8, 4) is 0 Å². The molecule has 1 aromatic carbocycles. The first kappa shape index (κ1) is 14.2. The van der Waals surface area contributed by atoms with Gasteiger partial charge in [0.2, 0.25) is 0 Å². The van der Waals surface area contributed by atoms with Gasteiger partial charge in [-0.05, 0) is 42.7 Å². The van der Waals surface area contributed by atoms with Crippen LogP contribution in [0.25, 0.3) is 0 Å². The predicted molar refractivity (Wildman–Crippen MR) is 79.3 cm³/mol. The fraction of sp³-hybridized carbons (Fsp3) is 0.375. The summed E-state index contributed by atoms with van der Waals surface area (Å²) < 4.78 is 5.45. The molecule has 2 rings (SSSR count). The molecular weight excluding hydrogens is 258 g/mol. The van der Waals surface area contributed by atoms with Crippen LogP contribution in [-0.4, -0.2) is 0 Å². The van der Waals surface area contributed by atoms with Crippen LogP contribution in [0.4, 0.5) is 0 Å². The maximum atomic E-state index is 5.95. The SMILES string of the molecule is CC(NC(c1ccc(Cl)cc1)C(C)C)c1ccco1. The van der Waals surface area contributed by atoms with Crippen molar-refractivity contribution in [2.45, 2.75) is 32.9 Å². The van der Waals surface area contributed by atoms with Gasteiger partial charge in [-0.2, -0.15) is 0 Å². The minimum atomic E-state index is 0.179. The van der Waals surface area contributed by atoms with E-state index in [1.165, 1.54) is 5.56 Å². The van der Waals surface area contributed by atoms with Crippen molar-refractivity contribution >= 4 is 11.6 Å². The Bertz CT molecular complexity index is 490. The third-order valence-electron chi connectivity index (χ3n) is 3.30. The van der Waals surface area contributed by atoms with Gasteiger partial charge in [-0.15, -0.1) is 0 Å². The third kappa shape index (κ3) is 3.62. The molecule has 0 aliphatic carbocycles. The van der Waals surface area contributed by atoms with Gasteiger partial charge in [0.15, 0.2) is 0 Å². The van der Waals surface area contributed by atoms with E-state index in [-0.39, 0.29) is 12.1 Å². The molecule has 0 bridgehead atoms. The lowest BCUT2D eigenvalue weighted by atomic mass is 9.95. The molecule has 0 amide bonds. The Morgan fingerprint density at radius 1 is 1.05 bits per heavy atom. The Hall–Kier alpha value is -1.25. The summed E-state index contributed by atoms with van der Waals surface area (Å²) in [5, 5.41) is 4.39. The van der Waals surface area contributed by atoms with Crippen molar-refractivity contribution < 1.29 is 4.42 Å². The summed E-state index contributed by atoms with van der Waals surface area (Å²) in [6.07, 6.45) is 1.71. The molecule has 0 spiro atoms. The highest BCUT2D eigenvalue weighted by atomic mass is 35.5. The molecule has 19 heavy (non-hydrogen) atoms. The minimum absolute atomic E-state index is 0.179. The Morgan fingerprint density at radius 2 is 1.74 bits per heavy atom. The smallest absolute Gasteiger partial charge is 0.120 e. The van der Waals surface area contributed by atoms with E-state index in [1.54, 1.807) is 6.26 Å². The Balaban J connectivity index is 2.14. The second-order valence-corrected chi connectivity index (χ2v) is 5.61. The first-order valence-corrected chi connectivity index (χ1v) is 7.00. The Kier molecular flexibility index (Phi) is 4.67. The molecule has 2 unspecified atom stereocenters. The van der Waals surface area contributed by atoms with E-state index in [0.717, 1.165) is 10.8 Å². The number of furan rings is 1. The summed E-state index contributed by atoms with van der Waals surface area (Å²) in [6, 6.07) is 12.4. The molecule has 1 heterocycles. The predicted octanol–water partition coefficient (Wildman–Crippen LogP) is 4.98. The van der Waals surface area contributed by atoms with E-state index >= 15 is 0 Å². The summed E-state index contributed by atoms with van der Waals surface area (Å²) in [5.41, 5.74) is 1.25. The molecule has 2 aromatic rings. The maximum absolute atomic E-state index is 5.95. The van der Waals surface area contributed by atoms with Crippen molar-refractivity contribution in [1.29, 1.82) is 0 Å². The molecule has 0 saturated heterocycles. The lowest BCUT2D eigenvalue weighted by Gasteiger charge is -2.26. The van der Waals surface area contributed by atoms with E-state index in [9.17, 15) is 0 Å². The fourth-order valence-electron chi connectivity index (χ4n) is 2.23. The zero-order chi connectivity index (χ0) is 13.8. The van der Waals surface area contributed by atoms with Crippen molar-refractivity contribution in [2.75, 3.05) is 0 Å². The number of nitrogens with one attached hydrogen (secondary N) is 1. The van der Waals surface area contributed by atoms with Gasteiger partial charge in [0, 0.05) is 11.1 Å². The molecule has 0 aliphatic heterocycles. The molecule has 2 atom stereocenters. The zero-order valence-corrected chi connectivity index (χ0v) is 12.3. The van der Waals surface area contributed by atoms with Crippen LogP contribution in [0.2, 0.25) is 5.02 Å². The lowest BCUT2D eigenvalue weighted by molar-refractivity contribution is 0.340. The summed E-state index contributed by atoms with van der Waals surface area (Å²) in [7, 11) is 0. The van der Waals surface area contributed by atoms with Crippen LogP contribution < -0.4 is 5.32 Å². The molecular formula is C16H20ClNO. The summed E-state index contributed by atoms with van der Waals surface area (Å²) in [6.45, 7) is 6.53. The fourth-order valence-corrected chi connectivity index (χ4v) is 2.36. The summed E-state index contributed by atoms with van der Waals surface area (Å²) in [5.74, 6) is 1.44. The largest absolute Gasteiger partial charge is 0.468 e. The molecule has 1 N–H and O–H groups in total. The summed E-state index contributed by atoms with van der Waals surface area (Å²) >= 11 is 5.95. The lowest BCUT2D eigenvalue weighted by Crippen LogP contribution is -2.28. The third-order valence-corrected chi connectivity index (χ3v) is 3.55. The normalized spacial score (nSPS) is 14.6. The first-order valence-electron chi connectivity index (χ1n) is 6.63. The molecule has 1 aromatic heterocycles.